The van der Waals surface area contributed by atoms with Crippen molar-refractivity contribution in [3.8, 4) is 0 Å². The number of nitrogens with one attached hydrogen (secondary N) is 1. The van der Waals surface area contributed by atoms with Gasteiger partial charge in [0.15, 0.2) is 7.37 Å². The van der Waals surface area contributed by atoms with Gasteiger partial charge < -0.3 is 14.9 Å². The average molecular weight is 402 g/mol. The first-order valence-corrected chi connectivity index (χ1v) is 12.7. The normalized spacial score (nSPS) is 24.7. The second-order valence-corrected chi connectivity index (χ2v) is 10.8. The fourth-order valence-corrected chi connectivity index (χ4v) is 5.02. The van der Waals surface area contributed by atoms with Crippen LogP contribution in [-0.2, 0) is 9.36 Å². The number of urea groups is 1. The molecule has 2 aliphatic rings. The largest absolute Gasteiger partial charge is 0.393 e. The van der Waals surface area contributed by atoms with E-state index in [1.165, 1.54) is 13.1 Å². The lowest BCUT2D eigenvalue weighted by Crippen LogP contribution is -2.38. The Morgan fingerprint density at radius 2 is 1.81 bits per heavy atom. The molecule has 1 aliphatic carbocycles. The molecular formula is C19H35N2O5P. The van der Waals surface area contributed by atoms with Gasteiger partial charge in [-0.3, -0.25) is 14.7 Å². The van der Waals surface area contributed by atoms with Gasteiger partial charge in [-0.2, -0.15) is 0 Å². The average Bonchev–Trinajstić information content (AvgIpc) is 2.88. The molecule has 156 valence electrons. The maximum absolute atomic E-state index is 12.1. The molecule has 1 saturated carbocycles. The summed E-state index contributed by atoms with van der Waals surface area (Å²) >= 11 is 0. The number of unbranched alkanes of at least 4 members (excludes halogenated alkanes) is 3. The molecule has 3 amide bonds. The van der Waals surface area contributed by atoms with E-state index in [1.807, 2.05) is 0 Å². The number of aliphatic hydroxyl groups excluding tert-OH is 1. The number of hydrogen-bond donors (Lipinski definition) is 3. The minimum Gasteiger partial charge on any atom is -0.393 e. The number of carbonyl (C=O) groups excluding carboxylic acids is 2. The molecule has 0 aromatic rings. The molecule has 0 aromatic heterocycles. The summed E-state index contributed by atoms with van der Waals surface area (Å²) < 4.78 is 11.3. The molecular weight excluding hydrogens is 367 g/mol. The highest BCUT2D eigenvalue weighted by Gasteiger charge is 2.38. The van der Waals surface area contributed by atoms with Crippen molar-refractivity contribution in [1.82, 2.24) is 10.2 Å². The highest BCUT2D eigenvalue weighted by atomic mass is 31.2. The molecule has 2 fully saturated rings. The van der Waals surface area contributed by atoms with E-state index in [9.17, 15) is 24.2 Å². The summed E-state index contributed by atoms with van der Waals surface area (Å²) in [6.07, 6.45) is 9.93. The predicted molar refractivity (Wildman–Crippen MR) is 105 cm³/mol. The van der Waals surface area contributed by atoms with E-state index in [1.54, 1.807) is 4.90 Å². The summed E-state index contributed by atoms with van der Waals surface area (Å²) in [6.45, 7) is 1.78. The molecule has 2 unspecified atom stereocenters. The van der Waals surface area contributed by atoms with E-state index in [4.69, 9.17) is 0 Å². The van der Waals surface area contributed by atoms with Gasteiger partial charge in [0, 0.05) is 19.4 Å². The molecule has 1 heterocycles. The van der Waals surface area contributed by atoms with Crippen molar-refractivity contribution >= 4 is 19.3 Å². The highest BCUT2D eigenvalue weighted by molar-refractivity contribution is 7.57. The van der Waals surface area contributed by atoms with Gasteiger partial charge in [0.05, 0.1) is 6.10 Å². The van der Waals surface area contributed by atoms with Crippen molar-refractivity contribution in [3.63, 3.8) is 0 Å². The van der Waals surface area contributed by atoms with Crippen LogP contribution in [-0.4, -0.2) is 58.4 Å². The summed E-state index contributed by atoms with van der Waals surface area (Å²) in [4.78, 5) is 35.0. The van der Waals surface area contributed by atoms with Crippen LogP contribution in [0.4, 0.5) is 4.79 Å². The maximum atomic E-state index is 12.1. The molecule has 27 heavy (non-hydrogen) atoms. The molecule has 0 bridgehead atoms. The lowest BCUT2D eigenvalue weighted by molar-refractivity contribution is -0.121. The first kappa shape index (κ1) is 22.4. The van der Waals surface area contributed by atoms with Crippen molar-refractivity contribution in [2.24, 2.45) is 5.92 Å². The quantitative estimate of drug-likeness (QED) is 0.280. The van der Waals surface area contributed by atoms with Crippen LogP contribution in [0.25, 0.3) is 0 Å². The minimum atomic E-state index is -2.93. The number of aliphatic hydroxyl groups is 1. The molecule has 3 atom stereocenters. The molecule has 0 aromatic carbocycles. The Kier molecular flexibility index (Phi) is 8.77. The van der Waals surface area contributed by atoms with E-state index in [-0.39, 0.29) is 11.9 Å². The van der Waals surface area contributed by atoms with E-state index >= 15 is 0 Å². The molecule has 0 radical (unpaired) electrons. The SMILES string of the molecule is CP(=O)(O)CCCCCC[C@H]1C(=O)NC(=O)N1CCC(O)C1CCCCC1. The second kappa shape index (κ2) is 10.6. The van der Waals surface area contributed by atoms with Crippen molar-refractivity contribution in [3.05, 3.63) is 0 Å². The monoisotopic (exact) mass is 402 g/mol. The van der Waals surface area contributed by atoms with Gasteiger partial charge in [-0.25, -0.2) is 4.79 Å². The zero-order valence-corrected chi connectivity index (χ0v) is 17.3. The number of rotatable bonds is 11. The fraction of sp³-hybridized carbons (Fsp3) is 0.895. The van der Waals surface area contributed by atoms with Crippen LogP contribution in [0.2, 0.25) is 0 Å². The van der Waals surface area contributed by atoms with Crippen LogP contribution in [0.5, 0.6) is 0 Å². The third kappa shape index (κ3) is 7.55. The number of nitrogens with zero attached hydrogens (tertiary/aromatic N) is 1. The highest BCUT2D eigenvalue weighted by Crippen LogP contribution is 2.36. The van der Waals surface area contributed by atoms with E-state index < -0.39 is 19.5 Å². The second-order valence-electron chi connectivity index (χ2n) is 8.24. The number of hydrogen-bond acceptors (Lipinski definition) is 4. The van der Waals surface area contributed by atoms with Gasteiger partial charge in [-0.15, -0.1) is 0 Å². The topological polar surface area (TPSA) is 107 Å². The Balaban J connectivity index is 1.72. The predicted octanol–water partition coefficient (Wildman–Crippen LogP) is 3.09. The smallest absolute Gasteiger partial charge is 0.324 e. The molecule has 7 nitrogen and oxygen atoms in total. The Bertz CT molecular complexity index is 544. The van der Waals surface area contributed by atoms with Crippen molar-refractivity contribution in [1.29, 1.82) is 0 Å². The Hall–Kier alpha value is -0.910. The minimum absolute atomic E-state index is 0.249. The van der Waals surface area contributed by atoms with Crippen LogP contribution in [0.15, 0.2) is 0 Å². The van der Waals surface area contributed by atoms with Crippen molar-refractivity contribution in [2.75, 3.05) is 19.4 Å². The van der Waals surface area contributed by atoms with Gasteiger partial charge >= 0.3 is 6.03 Å². The lowest BCUT2D eigenvalue weighted by atomic mass is 9.84. The third-order valence-electron chi connectivity index (χ3n) is 5.83. The van der Waals surface area contributed by atoms with Crippen LogP contribution < -0.4 is 5.32 Å². The number of amides is 3. The standard InChI is InChI=1S/C19H35N2O5P/c1-27(25,26)14-8-3-2-7-11-16-18(23)20-19(24)21(16)13-12-17(22)15-9-5-4-6-10-15/h15-17,22H,2-14H2,1H3,(H,25,26)(H,20,23,24)/t16-,17?/m0/s1. The third-order valence-corrected chi connectivity index (χ3v) is 6.98. The van der Waals surface area contributed by atoms with Gasteiger partial charge in [0.1, 0.15) is 6.04 Å². The first-order chi connectivity index (χ1) is 12.8. The summed E-state index contributed by atoms with van der Waals surface area (Å²) in [5.41, 5.74) is 0. The van der Waals surface area contributed by atoms with Gasteiger partial charge in [-0.1, -0.05) is 38.5 Å². The number of imide groups is 1. The zero-order valence-electron chi connectivity index (χ0n) is 16.4. The van der Waals surface area contributed by atoms with E-state index in [2.05, 4.69) is 5.32 Å². The van der Waals surface area contributed by atoms with Gasteiger partial charge in [-0.05, 0) is 38.0 Å². The first-order valence-electron chi connectivity index (χ1n) is 10.4. The van der Waals surface area contributed by atoms with Crippen LogP contribution >= 0.6 is 7.37 Å². The summed E-state index contributed by atoms with van der Waals surface area (Å²) in [7, 11) is -2.93. The lowest BCUT2D eigenvalue weighted by Gasteiger charge is -2.29. The fourth-order valence-electron chi connectivity index (χ4n) is 4.21. The molecule has 2 rings (SSSR count). The Labute approximate surface area is 162 Å². The van der Waals surface area contributed by atoms with Crippen LogP contribution in [0, 0.1) is 5.92 Å². The van der Waals surface area contributed by atoms with Crippen LogP contribution in [0.3, 0.4) is 0 Å². The van der Waals surface area contributed by atoms with E-state index in [0.29, 0.717) is 37.9 Å². The van der Waals surface area contributed by atoms with E-state index in [0.717, 1.165) is 44.9 Å². The molecule has 0 spiro atoms. The Morgan fingerprint density at radius 3 is 2.48 bits per heavy atom. The summed E-state index contributed by atoms with van der Waals surface area (Å²) in [5.74, 6) is 0.0696. The summed E-state index contributed by atoms with van der Waals surface area (Å²) in [5, 5.41) is 12.8. The van der Waals surface area contributed by atoms with Gasteiger partial charge in [0.25, 0.3) is 5.91 Å². The number of carbonyl (C=O) groups is 2. The van der Waals surface area contributed by atoms with Crippen LogP contribution in [0.1, 0.15) is 70.6 Å². The Morgan fingerprint density at radius 1 is 1.15 bits per heavy atom. The molecule has 1 aliphatic heterocycles. The maximum Gasteiger partial charge on any atom is 0.324 e. The molecule has 8 heteroatoms. The molecule has 3 N–H and O–H groups in total. The molecule has 1 saturated heterocycles. The van der Waals surface area contributed by atoms with Gasteiger partial charge in [0.2, 0.25) is 0 Å². The zero-order chi connectivity index (χ0) is 19.9. The summed E-state index contributed by atoms with van der Waals surface area (Å²) in [6, 6.07) is -0.806. The van der Waals surface area contributed by atoms with Crippen molar-refractivity contribution < 1.29 is 24.2 Å². The van der Waals surface area contributed by atoms with Crippen molar-refractivity contribution in [2.45, 2.75) is 82.8 Å².